The van der Waals surface area contributed by atoms with Crippen LogP contribution in [0.15, 0.2) is 48.8 Å². The number of rotatable bonds is 5. The molecule has 0 spiro atoms. The molecule has 26 heavy (non-hydrogen) atoms. The van der Waals surface area contributed by atoms with Crippen molar-refractivity contribution >= 4 is 0 Å². The van der Waals surface area contributed by atoms with Crippen molar-refractivity contribution in [1.82, 2.24) is 20.1 Å². The second kappa shape index (κ2) is 7.25. The van der Waals surface area contributed by atoms with Gasteiger partial charge in [0.05, 0.1) is 19.0 Å². The van der Waals surface area contributed by atoms with E-state index < -0.39 is 0 Å². The Morgan fingerprint density at radius 3 is 3.04 bits per heavy atom. The van der Waals surface area contributed by atoms with Crippen LogP contribution in [0.25, 0.3) is 5.82 Å². The van der Waals surface area contributed by atoms with Gasteiger partial charge in [-0.2, -0.15) is 5.10 Å². The topological polar surface area (TPSA) is 52.0 Å². The molecule has 0 aliphatic heterocycles. The van der Waals surface area contributed by atoms with Crippen LogP contribution in [0.2, 0.25) is 0 Å². The maximum absolute atomic E-state index is 13.4. The zero-order valence-corrected chi connectivity index (χ0v) is 14.7. The summed E-state index contributed by atoms with van der Waals surface area (Å²) in [5, 5.41) is 8.14. The summed E-state index contributed by atoms with van der Waals surface area (Å²) >= 11 is 0. The molecule has 1 unspecified atom stereocenters. The van der Waals surface area contributed by atoms with Crippen molar-refractivity contribution in [3.8, 4) is 11.6 Å². The maximum atomic E-state index is 13.4. The molecule has 3 aromatic rings. The molecule has 0 bridgehead atoms. The molecule has 2 heterocycles. The van der Waals surface area contributed by atoms with Gasteiger partial charge < -0.3 is 10.1 Å². The van der Waals surface area contributed by atoms with Crippen LogP contribution >= 0.6 is 0 Å². The van der Waals surface area contributed by atoms with E-state index in [9.17, 15) is 4.39 Å². The summed E-state index contributed by atoms with van der Waals surface area (Å²) in [7, 11) is 1.56. The SMILES string of the molecule is COc1cc(F)ccc1CNC1CCCc2c1cnn2-c1ccccn1. The Morgan fingerprint density at radius 2 is 2.23 bits per heavy atom. The molecule has 0 saturated carbocycles. The number of ether oxygens (including phenoxy) is 1. The molecule has 0 amide bonds. The molecular weight excluding hydrogens is 331 g/mol. The molecule has 134 valence electrons. The average Bonchev–Trinajstić information content (AvgIpc) is 3.12. The van der Waals surface area contributed by atoms with E-state index in [1.807, 2.05) is 29.1 Å². The molecule has 1 aromatic carbocycles. The lowest BCUT2D eigenvalue weighted by atomic mass is 9.92. The molecule has 1 aliphatic rings. The van der Waals surface area contributed by atoms with Crippen molar-refractivity contribution < 1.29 is 9.13 Å². The first-order valence-corrected chi connectivity index (χ1v) is 8.80. The van der Waals surface area contributed by atoms with Gasteiger partial charge in [0.25, 0.3) is 0 Å². The average molecular weight is 352 g/mol. The standard InChI is InChI=1S/C20H21FN4O/c1-26-19-11-15(21)9-8-14(19)12-23-17-5-4-6-18-16(17)13-24-25(18)20-7-2-3-10-22-20/h2-3,7-11,13,17,23H,4-6,12H2,1H3. The minimum atomic E-state index is -0.290. The smallest absolute Gasteiger partial charge is 0.153 e. The largest absolute Gasteiger partial charge is 0.496 e. The van der Waals surface area contributed by atoms with Crippen LogP contribution in [0.1, 0.15) is 35.7 Å². The third kappa shape index (κ3) is 3.20. The summed E-state index contributed by atoms with van der Waals surface area (Å²) < 4.78 is 20.6. The minimum Gasteiger partial charge on any atom is -0.496 e. The number of methoxy groups -OCH3 is 1. The summed E-state index contributed by atoms with van der Waals surface area (Å²) in [5.74, 6) is 1.12. The normalized spacial score (nSPS) is 16.3. The first kappa shape index (κ1) is 16.7. The molecule has 1 N–H and O–H groups in total. The third-order valence-electron chi connectivity index (χ3n) is 4.84. The Labute approximate surface area is 151 Å². The van der Waals surface area contributed by atoms with E-state index in [0.717, 1.165) is 30.6 Å². The van der Waals surface area contributed by atoms with Gasteiger partial charge in [-0.25, -0.2) is 14.1 Å². The Bertz CT molecular complexity index is 894. The van der Waals surface area contributed by atoms with Gasteiger partial charge in [0.1, 0.15) is 11.6 Å². The Morgan fingerprint density at radius 1 is 1.31 bits per heavy atom. The Hall–Kier alpha value is -2.73. The van der Waals surface area contributed by atoms with Gasteiger partial charge >= 0.3 is 0 Å². The first-order valence-electron chi connectivity index (χ1n) is 8.80. The van der Waals surface area contributed by atoms with Gasteiger partial charge in [-0.15, -0.1) is 0 Å². The van der Waals surface area contributed by atoms with E-state index >= 15 is 0 Å². The van der Waals surface area contributed by atoms with Crippen molar-refractivity contribution in [3.05, 3.63) is 71.4 Å². The van der Waals surface area contributed by atoms with E-state index in [2.05, 4.69) is 15.4 Å². The van der Waals surface area contributed by atoms with Gasteiger partial charge in [-0.3, -0.25) is 0 Å². The summed E-state index contributed by atoms with van der Waals surface area (Å²) in [5.41, 5.74) is 3.36. The summed E-state index contributed by atoms with van der Waals surface area (Å²) in [6.45, 7) is 0.613. The predicted octanol–water partition coefficient (Wildman–Crippen LogP) is 3.58. The highest BCUT2D eigenvalue weighted by Crippen LogP contribution is 2.31. The highest BCUT2D eigenvalue weighted by molar-refractivity contribution is 5.35. The number of benzene rings is 1. The molecule has 4 rings (SSSR count). The number of nitrogens with zero attached hydrogens (tertiary/aromatic N) is 3. The van der Waals surface area contributed by atoms with Crippen LogP contribution in [0, 0.1) is 5.82 Å². The number of halogens is 1. The number of fused-ring (bicyclic) bond motifs is 1. The fourth-order valence-corrected chi connectivity index (χ4v) is 3.54. The van der Waals surface area contributed by atoms with Crippen molar-refractivity contribution in [3.63, 3.8) is 0 Å². The van der Waals surface area contributed by atoms with E-state index in [1.54, 1.807) is 19.4 Å². The molecular formula is C20H21FN4O. The van der Waals surface area contributed by atoms with Gasteiger partial charge in [0.15, 0.2) is 5.82 Å². The molecule has 0 fully saturated rings. The fraction of sp³-hybridized carbons (Fsp3) is 0.300. The van der Waals surface area contributed by atoms with Crippen LogP contribution in [0.3, 0.4) is 0 Å². The third-order valence-corrected chi connectivity index (χ3v) is 4.84. The van der Waals surface area contributed by atoms with Crippen molar-refractivity contribution in [1.29, 1.82) is 0 Å². The Balaban J connectivity index is 1.55. The zero-order valence-electron chi connectivity index (χ0n) is 14.7. The minimum absolute atomic E-state index is 0.214. The van der Waals surface area contributed by atoms with Gasteiger partial charge in [0, 0.05) is 36.0 Å². The van der Waals surface area contributed by atoms with Crippen LogP contribution in [0.4, 0.5) is 4.39 Å². The first-order chi connectivity index (χ1) is 12.8. The van der Waals surface area contributed by atoms with Gasteiger partial charge in [0.2, 0.25) is 0 Å². The molecule has 0 saturated heterocycles. The van der Waals surface area contributed by atoms with Crippen LogP contribution < -0.4 is 10.1 Å². The lowest BCUT2D eigenvalue weighted by Gasteiger charge is -2.24. The highest BCUT2D eigenvalue weighted by Gasteiger charge is 2.25. The molecule has 1 atom stereocenters. The monoisotopic (exact) mass is 352 g/mol. The maximum Gasteiger partial charge on any atom is 0.153 e. The van der Waals surface area contributed by atoms with E-state index in [0.29, 0.717) is 12.3 Å². The predicted molar refractivity (Wildman–Crippen MR) is 96.8 cm³/mol. The molecule has 6 heteroatoms. The Kier molecular flexibility index (Phi) is 4.67. The van der Waals surface area contributed by atoms with Crippen molar-refractivity contribution in [2.45, 2.75) is 31.8 Å². The summed E-state index contributed by atoms with van der Waals surface area (Å²) in [6.07, 6.45) is 6.84. The lowest BCUT2D eigenvalue weighted by molar-refractivity contribution is 0.397. The second-order valence-corrected chi connectivity index (χ2v) is 6.43. The number of aromatic nitrogens is 3. The van der Waals surface area contributed by atoms with Crippen molar-refractivity contribution in [2.75, 3.05) is 7.11 Å². The lowest BCUT2D eigenvalue weighted by Crippen LogP contribution is -2.25. The second-order valence-electron chi connectivity index (χ2n) is 6.43. The zero-order chi connectivity index (χ0) is 17.9. The number of nitrogens with one attached hydrogen (secondary N) is 1. The van der Waals surface area contributed by atoms with Crippen molar-refractivity contribution in [2.24, 2.45) is 0 Å². The molecule has 1 aliphatic carbocycles. The van der Waals surface area contributed by atoms with E-state index in [1.165, 1.54) is 23.4 Å². The van der Waals surface area contributed by atoms with Crippen LogP contribution in [-0.4, -0.2) is 21.9 Å². The van der Waals surface area contributed by atoms with Crippen LogP contribution in [-0.2, 0) is 13.0 Å². The van der Waals surface area contributed by atoms with E-state index in [4.69, 9.17) is 4.74 Å². The fourth-order valence-electron chi connectivity index (χ4n) is 3.54. The number of hydrogen-bond acceptors (Lipinski definition) is 4. The molecule has 5 nitrogen and oxygen atoms in total. The van der Waals surface area contributed by atoms with E-state index in [-0.39, 0.29) is 11.9 Å². The number of hydrogen-bond donors (Lipinski definition) is 1. The number of pyridine rings is 1. The van der Waals surface area contributed by atoms with Crippen LogP contribution in [0.5, 0.6) is 5.75 Å². The molecule has 0 radical (unpaired) electrons. The van der Waals surface area contributed by atoms with Gasteiger partial charge in [-0.1, -0.05) is 12.1 Å². The molecule has 2 aromatic heterocycles. The highest BCUT2D eigenvalue weighted by atomic mass is 19.1. The summed E-state index contributed by atoms with van der Waals surface area (Å²) in [6, 6.07) is 10.7. The quantitative estimate of drug-likeness (QED) is 0.763. The summed E-state index contributed by atoms with van der Waals surface area (Å²) in [4.78, 5) is 4.41. The van der Waals surface area contributed by atoms with Gasteiger partial charge in [-0.05, 0) is 37.5 Å².